The summed E-state index contributed by atoms with van der Waals surface area (Å²) in [5.74, 6) is -3.18. The number of nitrogens with one attached hydrogen (secondary N) is 5. The molecule has 0 radical (unpaired) electrons. The van der Waals surface area contributed by atoms with E-state index < -0.39 is 59.0 Å². The van der Waals surface area contributed by atoms with Crippen LogP contribution < -0.4 is 21.3 Å². The normalized spacial score (nSPS) is 25.1. The molecule has 3 saturated carbocycles. The molecule has 0 bridgehead atoms. The van der Waals surface area contributed by atoms with Crippen LogP contribution in [0.2, 0.25) is 0 Å². The Morgan fingerprint density at radius 1 is 0.913 bits per heavy atom. The zero-order valence-corrected chi connectivity index (χ0v) is 27.4. The standard InChI is InChI=1S/C33H49N7O6/c1-18(26(41)31(45)37-21-13-14-21)36-30(44)25-22-12-8-11-20(22)16-40(25)32(46)27(33(2,3)4)39-29(43)24(19-9-6-5-7-10-19)38-28(42)23-15-34-17-35-23/h15,17-22,24-25,27H,5-14,16H2,1-4H3,(H,34,35)(H,36,44)(H,37,45)(H,38,42)(H,39,43)/t18-,20-,22-,24-,25-,27+/m0/s1. The van der Waals surface area contributed by atoms with Gasteiger partial charge in [-0.25, -0.2) is 4.98 Å². The minimum absolute atomic E-state index is 0.0163. The second kappa shape index (κ2) is 13.9. The largest absolute Gasteiger partial charge is 0.347 e. The highest BCUT2D eigenvalue weighted by molar-refractivity contribution is 6.38. The molecule has 3 aliphatic carbocycles. The summed E-state index contributed by atoms with van der Waals surface area (Å²) in [5, 5.41) is 11.3. The van der Waals surface area contributed by atoms with E-state index in [1.165, 1.54) is 19.4 Å². The van der Waals surface area contributed by atoms with Gasteiger partial charge in [-0.15, -0.1) is 0 Å². The van der Waals surface area contributed by atoms with Crippen LogP contribution in [0, 0.1) is 23.2 Å². The number of ketones is 1. The SMILES string of the molecule is C[C@H](NC(=O)[C@@H]1[C@H]2CCC[C@H]2CN1C(=O)[C@@H](NC(=O)[C@@H](NC(=O)c1cnc[nH]1)C1CCCCC1)C(C)(C)C)C(=O)C(=O)NC1CC1. The van der Waals surface area contributed by atoms with Crippen molar-refractivity contribution in [2.45, 2.75) is 122 Å². The molecular formula is C33H49N7O6. The van der Waals surface area contributed by atoms with Crippen molar-refractivity contribution in [3.63, 3.8) is 0 Å². The smallest absolute Gasteiger partial charge is 0.289 e. The summed E-state index contributed by atoms with van der Waals surface area (Å²) < 4.78 is 0. The van der Waals surface area contributed by atoms with Crippen LogP contribution >= 0.6 is 0 Å². The number of hydrogen-bond acceptors (Lipinski definition) is 7. The third-order valence-electron chi connectivity index (χ3n) is 10.2. The topological polar surface area (TPSA) is 182 Å². The number of nitrogens with zero attached hydrogens (tertiary/aromatic N) is 2. The van der Waals surface area contributed by atoms with Crippen molar-refractivity contribution < 1.29 is 28.8 Å². The van der Waals surface area contributed by atoms with Crippen molar-refractivity contribution in [1.29, 1.82) is 0 Å². The van der Waals surface area contributed by atoms with E-state index in [2.05, 4.69) is 31.2 Å². The molecule has 13 nitrogen and oxygen atoms in total. The van der Waals surface area contributed by atoms with E-state index in [9.17, 15) is 28.8 Å². The van der Waals surface area contributed by atoms with E-state index in [1.807, 2.05) is 20.8 Å². The monoisotopic (exact) mass is 639 g/mol. The molecule has 0 spiro atoms. The highest BCUT2D eigenvalue weighted by Crippen LogP contribution is 2.43. The Labute approximate surface area is 270 Å². The van der Waals surface area contributed by atoms with Gasteiger partial charge in [0.2, 0.25) is 23.5 Å². The average molecular weight is 640 g/mol. The van der Waals surface area contributed by atoms with Gasteiger partial charge in [0.1, 0.15) is 23.8 Å². The lowest BCUT2D eigenvalue weighted by molar-refractivity contribution is -0.146. The molecule has 4 aliphatic rings. The Bertz CT molecular complexity index is 1310. The molecule has 5 rings (SSSR count). The summed E-state index contributed by atoms with van der Waals surface area (Å²) in [6, 6.07) is -3.68. The van der Waals surface area contributed by atoms with Gasteiger partial charge in [-0.3, -0.25) is 28.8 Å². The number of likely N-dealkylation sites (tertiary alicyclic amines) is 1. The molecule has 6 atom stereocenters. The van der Waals surface area contributed by atoms with Crippen LogP contribution in [0.15, 0.2) is 12.5 Å². The van der Waals surface area contributed by atoms with Crippen molar-refractivity contribution in [1.82, 2.24) is 36.1 Å². The summed E-state index contributed by atoms with van der Waals surface area (Å²) in [4.78, 5) is 88.6. The second-order valence-electron chi connectivity index (χ2n) is 14.8. The number of fused-ring (bicyclic) bond motifs is 1. The summed E-state index contributed by atoms with van der Waals surface area (Å²) in [6.45, 7) is 7.44. The summed E-state index contributed by atoms with van der Waals surface area (Å²) in [6.07, 6.45) is 11.6. The fourth-order valence-corrected chi connectivity index (χ4v) is 7.42. The Morgan fingerprint density at radius 2 is 1.63 bits per heavy atom. The van der Waals surface area contributed by atoms with Crippen molar-refractivity contribution in [2.24, 2.45) is 23.2 Å². The zero-order valence-electron chi connectivity index (χ0n) is 27.4. The molecule has 2 heterocycles. The van der Waals surface area contributed by atoms with Gasteiger partial charge in [0.15, 0.2) is 0 Å². The lowest BCUT2D eigenvalue weighted by atomic mass is 9.82. The van der Waals surface area contributed by atoms with Crippen molar-refractivity contribution in [2.75, 3.05) is 6.54 Å². The van der Waals surface area contributed by atoms with Gasteiger partial charge in [0.05, 0.1) is 18.6 Å². The first-order valence-corrected chi connectivity index (χ1v) is 16.9. The lowest BCUT2D eigenvalue weighted by Gasteiger charge is -2.38. The molecule has 1 aromatic rings. The first kappa shape index (κ1) is 33.6. The number of Topliss-reactive ketones (excluding diaryl/α,β-unsaturated/α-hetero) is 1. The fraction of sp³-hybridized carbons (Fsp3) is 0.727. The third kappa shape index (κ3) is 7.60. The number of imidazole rings is 1. The van der Waals surface area contributed by atoms with E-state index in [1.54, 1.807) is 4.90 Å². The van der Waals surface area contributed by atoms with Crippen LogP contribution in [0.1, 0.15) is 102 Å². The van der Waals surface area contributed by atoms with Gasteiger partial charge in [-0.2, -0.15) is 0 Å². The van der Waals surface area contributed by atoms with Crippen LogP contribution in [0.25, 0.3) is 0 Å². The van der Waals surface area contributed by atoms with Gasteiger partial charge in [-0.1, -0.05) is 46.5 Å². The number of amides is 5. The Hall–Kier alpha value is -3.77. The molecular weight excluding hydrogens is 590 g/mol. The quantitative estimate of drug-likeness (QED) is 0.228. The predicted octanol–water partition coefficient (Wildman–Crippen LogP) is 1.60. The molecule has 5 N–H and O–H groups in total. The highest BCUT2D eigenvalue weighted by Gasteiger charge is 2.52. The molecule has 252 valence electrons. The minimum Gasteiger partial charge on any atom is -0.347 e. The molecule has 1 aliphatic heterocycles. The second-order valence-corrected chi connectivity index (χ2v) is 14.8. The summed E-state index contributed by atoms with van der Waals surface area (Å²) >= 11 is 0. The maximum Gasteiger partial charge on any atom is 0.289 e. The van der Waals surface area contributed by atoms with Crippen LogP contribution in [0.5, 0.6) is 0 Å². The lowest BCUT2D eigenvalue weighted by Crippen LogP contribution is -2.62. The number of rotatable bonds is 11. The zero-order chi connectivity index (χ0) is 33.2. The molecule has 46 heavy (non-hydrogen) atoms. The number of hydrogen-bond donors (Lipinski definition) is 5. The van der Waals surface area contributed by atoms with E-state index >= 15 is 0 Å². The molecule has 0 unspecified atom stereocenters. The number of aromatic nitrogens is 2. The fourth-order valence-electron chi connectivity index (χ4n) is 7.42. The van der Waals surface area contributed by atoms with E-state index in [0.717, 1.165) is 64.2 Å². The van der Waals surface area contributed by atoms with Gasteiger partial charge >= 0.3 is 0 Å². The van der Waals surface area contributed by atoms with Crippen LogP contribution in [-0.2, 0) is 24.0 Å². The molecule has 1 saturated heterocycles. The molecule has 0 aromatic carbocycles. The van der Waals surface area contributed by atoms with Gasteiger partial charge in [0, 0.05) is 12.6 Å². The van der Waals surface area contributed by atoms with E-state index in [4.69, 9.17) is 0 Å². The number of H-pyrrole nitrogens is 1. The van der Waals surface area contributed by atoms with Crippen LogP contribution in [0.4, 0.5) is 0 Å². The Morgan fingerprint density at radius 3 is 2.26 bits per heavy atom. The molecule has 5 amide bonds. The van der Waals surface area contributed by atoms with Gasteiger partial charge in [0.25, 0.3) is 11.8 Å². The van der Waals surface area contributed by atoms with Crippen molar-refractivity contribution >= 4 is 35.3 Å². The van der Waals surface area contributed by atoms with E-state index in [-0.39, 0.29) is 35.4 Å². The molecule has 1 aromatic heterocycles. The average Bonchev–Trinajstić information content (AvgIpc) is 3.38. The summed E-state index contributed by atoms with van der Waals surface area (Å²) in [7, 11) is 0. The third-order valence-corrected chi connectivity index (χ3v) is 10.2. The first-order chi connectivity index (χ1) is 21.8. The first-order valence-electron chi connectivity index (χ1n) is 16.9. The predicted molar refractivity (Wildman–Crippen MR) is 168 cm³/mol. The molecule has 4 fully saturated rings. The van der Waals surface area contributed by atoms with Crippen LogP contribution in [-0.4, -0.2) is 86.9 Å². The summed E-state index contributed by atoms with van der Waals surface area (Å²) in [5.41, 5.74) is -0.479. The number of carbonyl (C=O) groups excluding carboxylic acids is 6. The maximum atomic E-state index is 14.4. The maximum absolute atomic E-state index is 14.4. The van der Waals surface area contributed by atoms with Crippen molar-refractivity contribution in [3.8, 4) is 0 Å². The molecule has 13 heteroatoms. The Kier molecular flexibility index (Phi) is 10.2. The van der Waals surface area contributed by atoms with Crippen molar-refractivity contribution in [3.05, 3.63) is 18.2 Å². The van der Waals surface area contributed by atoms with Gasteiger partial charge in [-0.05, 0) is 68.6 Å². The number of aromatic amines is 1. The van der Waals surface area contributed by atoms with Crippen LogP contribution in [0.3, 0.4) is 0 Å². The minimum atomic E-state index is -1.04. The Balaban J connectivity index is 1.33. The van der Waals surface area contributed by atoms with Gasteiger partial charge < -0.3 is 31.2 Å². The number of carbonyl (C=O) groups is 6. The van der Waals surface area contributed by atoms with E-state index in [0.29, 0.717) is 6.54 Å². The highest BCUT2D eigenvalue weighted by atomic mass is 16.2.